The van der Waals surface area contributed by atoms with Crippen LogP contribution in [0.25, 0.3) is 0 Å². The van der Waals surface area contributed by atoms with Crippen molar-refractivity contribution in [3.05, 3.63) is 11.3 Å². The standard InChI is InChI=1S/C14H25NO2/c1-10(2)8-12(15)11(3)13(17)9-14(4,5)6-7-16/h7,10H,6,8-9,15H2,1-5H3/b12-11+. The highest BCUT2D eigenvalue weighted by Gasteiger charge is 2.23. The van der Waals surface area contributed by atoms with Crippen LogP contribution < -0.4 is 5.73 Å². The molecule has 98 valence electrons. The predicted octanol–water partition coefficient (Wildman–Crippen LogP) is 2.84. The molecule has 0 amide bonds. The molecule has 0 saturated heterocycles. The van der Waals surface area contributed by atoms with Crippen molar-refractivity contribution in [2.75, 3.05) is 0 Å². The fraction of sp³-hybridized carbons (Fsp3) is 0.714. The zero-order valence-electron chi connectivity index (χ0n) is 11.7. The smallest absolute Gasteiger partial charge is 0.160 e. The van der Waals surface area contributed by atoms with E-state index in [-0.39, 0.29) is 11.2 Å². The third-order valence-corrected chi connectivity index (χ3v) is 2.80. The molecule has 0 atom stereocenters. The minimum atomic E-state index is -0.280. The number of carbonyl (C=O) groups excluding carboxylic acids is 2. The maximum absolute atomic E-state index is 12.0. The second-order valence-corrected chi connectivity index (χ2v) is 5.88. The molecule has 0 heterocycles. The molecule has 0 spiro atoms. The summed E-state index contributed by atoms with van der Waals surface area (Å²) in [6.07, 6.45) is 2.38. The lowest BCUT2D eigenvalue weighted by Gasteiger charge is -2.21. The number of nitrogens with two attached hydrogens (primary N) is 1. The molecule has 0 aliphatic heterocycles. The van der Waals surface area contributed by atoms with E-state index in [0.29, 0.717) is 30.0 Å². The zero-order chi connectivity index (χ0) is 13.6. The van der Waals surface area contributed by atoms with Crippen molar-refractivity contribution in [2.45, 2.75) is 53.9 Å². The highest BCUT2D eigenvalue weighted by atomic mass is 16.1. The summed E-state index contributed by atoms with van der Waals surface area (Å²) in [7, 11) is 0. The van der Waals surface area contributed by atoms with E-state index in [4.69, 9.17) is 5.73 Å². The van der Waals surface area contributed by atoms with Crippen molar-refractivity contribution in [1.29, 1.82) is 0 Å². The molecule has 17 heavy (non-hydrogen) atoms. The largest absolute Gasteiger partial charge is 0.402 e. The molecule has 2 N–H and O–H groups in total. The molecule has 0 aromatic rings. The molecule has 3 nitrogen and oxygen atoms in total. The van der Waals surface area contributed by atoms with E-state index < -0.39 is 0 Å². The number of hydrogen-bond donors (Lipinski definition) is 1. The van der Waals surface area contributed by atoms with E-state index in [2.05, 4.69) is 13.8 Å². The summed E-state index contributed by atoms with van der Waals surface area (Å²) in [5.41, 5.74) is 6.95. The van der Waals surface area contributed by atoms with E-state index in [1.807, 2.05) is 13.8 Å². The molecule has 0 aromatic carbocycles. The molecular formula is C14H25NO2. The summed E-state index contributed by atoms with van der Waals surface area (Å²) < 4.78 is 0. The van der Waals surface area contributed by atoms with Gasteiger partial charge in [0.1, 0.15) is 6.29 Å². The molecule has 0 bridgehead atoms. The summed E-state index contributed by atoms with van der Waals surface area (Å²) in [5, 5.41) is 0. The van der Waals surface area contributed by atoms with Crippen LogP contribution >= 0.6 is 0 Å². The molecule has 0 aliphatic rings. The molecule has 3 heteroatoms. The van der Waals surface area contributed by atoms with Crippen molar-refractivity contribution in [1.82, 2.24) is 0 Å². The maximum atomic E-state index is 12.0. The van der Waals surface area contributed by atoms with Gasteiger partial charge < -0.3 is 10.5 Å². The van der Waals surface area contributed by atoms with Crippen molar-refractivity contribution in [3.8, 4) is 0 Å². The van der Waals surface area contributed by atoms with Gasteiger partial charge in [-0.3, -0.25) is 4.79 Å². The van der Waals surface area contributed by atoms with Gasteiger partial charge in [-0.05, 0) is 24.7 Å². The molecule has 0 unspecified atom stereocenters. The summed E-state index contributed by atoms with van der Waals surface area (Å²) in [5.74, 6) is 0.496. The van der Waals surface area contributed by atoms with Gasteiger partial charge in [-0.2, -0.15) is 0 Å². The zero-order valence-corrected chi connectivity index (χ0v) is 11.7. The van der Waals surface area contributed by atoms with Gasteiger partial charge in [-0.15, -0.1) is 0 Å². The van der Waals surface area contributed by atoms with Crippen LogP contribution in [0.5, 0.6) is 0 Å². The van der Waals surface area contributed by atoms with Crippen LogP contribution in [-0.2, 0) is 9.59 Å². The van der Waals surface area contributed by atoms with Crippen LogP contribution in [0.15, 0.2) is 11.3 Å². The topological polar surface area (TPSA) is 60.2 Å². The Hall–Kier alpha value is -1.12. The number of Topliss-reactive ketones (excluding diaryl/α,β-unsaturated/α-hetero) is 1. The third-order valence-electron chi connectivity index (χ3n) is 2.80. The third kappa shape index (κ3) is 6.25. The van der Waals surface area contributed by atoms with E-state index in [1.54, 1.807) is 6.92 Å². The van der Waals surface area contributed by atoms with Crippen LogP contribution in [0, 0.1) is 11.3 Å². The molecule has 0 aliphatic carbocycles. The van der Waals surface area contributed by atoms with Gasteiger partial charge in [0.25, 0.3) is 0 Å². The van der Waals surface area contributed by atoms with E-state index in [9.17, 15) is 9.59 Å². The van der Waals surface area contributed by atoms with E-state index in [0.717, 1.165) is 12.7 Å². The lowest BCUT2D eigenvalue weighted by atomic mass is 9.82. The van der Waals surface area contributed by atoms with Crippen molar-refractivity contribution < 1.29 is 9.59 Å². The summed E-state index contributed by atoms with van der Waals surface area (Å²) in [4.78, 5) is 22.5. The van der Waals surface area contributed by atoms with Gasteiger partial charge in [0, 0.05) is 24.1 Å². The molecular weight excluding hydrogens is 214 g/mol. The first-order chi connectivity index (χ1) is 7.69. The van der Waals surface area contributed by atoms with Crippen LogP contribution in [0.3, 0.4) is 0 Å². The normalized spacial score (nSPS) is 13.5. The molecule has 0 aromatic heterocycles. The van der Waals surface area contributed by atoms with E-state index >= 15 is 0 Å². The van der Waals surface area contributed by atoms with Gasteiger partial charge in [-0.25, -0.2) is 0 Å². The monoisotopic (exact) mass is 239 g/mol. The average molecular weight is 239 g/mol. The number of aldehydes is 1. The van der Waals surface area contributed by atoms with Gasteiger partial charge in [0.2, 0.25) is 0 Å². The second kappa shape index (κ2) is 6.58. The summed E-state index contributed by atoms with van der Waals surface area (Å²) in [6.45, 7) is 9.76. The summed E-state index contributed by atoms with van der Waals surface area (Å²) in [6, 6.07) is 0. The lowest BCUT2D eigenvalue weighted by Crippen LogP contribution is -2.20. The Labute approximate surface area is 104 Å². The van der Waals surface area contributed by atoms with Crippen LogP contribution in [0.4, 0.5) is 0 Å². The second-order valence-electron chi connectivity index (χ2n) is 5.88. The Morgan fingerprint density at radius 1 is 1.35 bits per heavy atom. The first kappa shape index (κ1) is 15.9. The lowest BCUT2D eigenvalue weighted by molar-refractivity contribution is -0.118. The van der Waals surface area contributed by atoms with Crippen LogP contribution in [0.1, 0.15) is 53.9 Å². The Balaban J connectivity index is 4.66. The number of ketones is 1. The van der Waals surface area contributed by atoms with Gasteiger partial charge in [0.05, 0.1) is 0 Å². The molecule has 0 saturated carbocycles. The van der Waals surface area contributed by atoms with E-state index in [1.165, 1.54) is 0 Å². The molecule has 0 fully saturated rings. The summed E-state index contributed by atoms with van der Waals surface area (Å²) >= 11 is 0. The number of rotatable bonds is 7. The number of hydrogen-bond acceptors (Lipinski definition) is 3. The Bertz CT molecular complexity index is 314. The van der Waals surface area contributed by atoms with Gasteiger partial charge in [0.15, 0.2) is 5.78 Å². The van der Waals surface area contributed by atoms with Gasteiger partial charge >= 0.3 is 0 Å². The molecule has 0 rings (SSSR count). The predicted molar refractivity (Wildman–Crippen MR) is 70.4 cm³/mol. The van der Waals surface area contributed by atoms with Crippen molar-refractivity contribution >= 4 is 12.1 Å². The fourth-order valence-electron chi connectivity index (χ4n) is 1.64. The maximum Gasteiger partial charge on any atom is 0.160 e. The first-order valence-corrected chi connectivity index (χ1v) is 6.11. The van der Waals surface area contributed by atoms with Crippen molar-refractivity contribution in [2.24, 2.45) is 17.1 Å². The number of carbonyl (C=O) groups is 2. The fourth-order valence-corrected chi connectivity index (χ4v) is 1.64. The first-order valence-electron chi connectivity index (χ1n) is 6.11. The minimum absolute atomic E-state index is 0.0509. The van der Waals surface area contributed by atoms with Crippen LogP contribution in [-0.4, -0.2) is 12.1 Å². The Kier molecular flexibility index (Phi) is 6.14. The quantitative estimate of drug-likeness (QED) is 0.549. The number of allylic oxidation sites excluding steroid dienone is 2. The van der Waals surface area contributed by atoms with Crippen LogP contribution in [0.2, 0.25) is 0 Å². The van der Waals surface area contributed by atoms with Gasteiger partial charge in [-0.1, -0.05) is 27.7 Å². The van der Waals surface area contributed by atoms with Crippen molar-refractivity contribution in [3.63, 3.8) is 0 Å². The average Bonchev–Trinajstić information content (AvgIpc) is 2.14. The highest BCUT2D eigenvalue weighted by Crippen LogP contribution is 2.26. The highest BCUT2D eigenvalue weighted by molar-refractivity contribution is 5.95. The Morgan fingerprint density at radius 3 is 2.29 bits per heavy atom. The SMILES string of the molecule is C/C(C(=O)CC(C)(C)CC=O)=C(\N)CC(C)C. The molecule has 0 radical (unpaired) electrons. The Morgan fingerprint density at radius 2 is 1.88 bits per heavy atom. The minimum Gasteiger partial charge on any atom is -0.402 e.